The lowest BCUT2D eigenvalue weighted by molar-refractivity contribution is 0.0687. The first-order valence-electron chi connectivity index (χ1n) is 12.5. The number of imidazole rings is 1. The van der Waals surface area contributed by atoms with E-state index in [4.69, 9.17) is 9.72 Å². The molecule has 0 fully saturated rings. The molecule has 0 amide bonds. The number of benzene rings is 3. The van der Waals surface area contributed by atoms with Gasteiger partial charge in [-0.3, -0.25) is 0 Å². The Labute approximate surface area is 220 Å². The summed E-state index contributed by atoms with van der Waals surface area (Å²) in [7, 11) is 0. The molecule has 3 aromatic carbocycles. The predicted molar refractivity (Wildman–Crippen MR) is 144 cm³/mol. The minimum atomic E-state index is -1.19. The second-order valence-corrected chi connectivity index (χ2v) is 10.1. The molecule has 0 saturated heterocycles. The van der Waals surface area contributed by atoms with Gasteiger partial charge in [0.1, 0.15) is 28.7 Å². The molecule has 1 aliphatic heterocycles. The maximum Gasteiger partial charge on any atom is 0.159 e. The fourth-order valence-corrected chi connectivity index (χ4v) is 5.15. The summed E-state index contributed by atoms with van der Waals surface area (Å²) in [5, 5.41) is 10.2. The van der Waals surface area contributed by atoms with Crippen LogP contribution >= 0.6 is 0 Å². The number of fused-ring (bicyclic) bond motifs is 3. The van der Waals surface area contributed by atoms with E-state index < -0.39 is 11.4 Å². The van der Waals surface area contributed by atoms with Gasteiger partial charge < -0.3 is 14.4 Å². The van der Waals surface area contributed by atoms with Gasteiger partial charge in [0.25, 0.3) is 0 Å². The van der Waals surface area contributed by atoms with Gasteiger partial charge in [0.05, 0.1) is 17.1 Å². The van der Waals surface area contributed by atoms with Crippen molar-refractivity contribution in [2.45, 2.75) is 31.9 Å². The minimum Gasteiger partial charge on any atom is -0.457 e. The van der Waals surface area contributed by atoms with E-state index >= 15 is 4.39 Å². The molecule has 7 heteroatoms. The third-order valence-corrected chi connectivity index (χ3v) is 6.97. The van der Waals surface area contributed by atoms with Gasteiger partial charge in [-0.25, -0.2) is 19.3 Å². The zero-order valence-corrected chi connectivity index (χ0v) is 21.2. The summed E-state index contributed by atoms with van der Waals surface area (Å²) in [6.07, 6.45) is 5.72. The molecule has 190 valence electrons. The standard InChI is InChI=1S/C31H27FN4O2/c1-4-19-14-28-35-25-16-24(32)23(20-17-33-30(34-18-20)31(2,3)37)15-26(25)36(28)29(19)22-12-8-9-13-27(22)38-21-10-6-5-7-11-21/h4-13,15-19,29,37H,1,14H2,2-3H3/t19-,29+/m0/s1. The molecule has 6 rings (SSSR count). The van der Waals surface area contributed by atoms with Crippen LogP contribution < -0.4 is 4.74 Å². The van der Waals surface area contributed by atoms with E-state index in [1.165, 1.54) is 6.07 Å². The highest BCUT2D eigenvalue weighted by Crippen LogP contribution is 2.44. The fraction of sp³-hybridized carbons (Fsp3) is 0.194. The number of halogens is 1. The first-order chi connectivity index (χ1) is 18.3. The lowest BCUT2D eigenvalue weighted by atomic mass is 9.92. The Balaban J connectivity index is 1.48. The lowest BCUT2D eigenvalue weighted by Crippen LogP contribution is -2.19. The molecule has 6 nitrogen and oxygen atoms in total. The van der Waals surface area contributed by atoms with E-state index in [1.54, 1.807) is 26.2 Å². The maximum absolute atomic E-state index is 15.3. The molecular formula is C31H27FN4O2. The number of ether oxygens (including phenoxy) is 1. The van der Waals surface area contributed by atoms with Crippen molar-refractivity contribution in [1.82, 2.24) is 19.5 Å². The van der Waals surface area contributed by atoms with Crippen molar-refractivity contribution >= 4 is 11.0 Å². The van der Waals surface area contributed by atoms with Crippen LogP contribution in [-0.4, -0.2) is 24.6 Å². The molecule has 0 spiro atoms. The Morgan fingerprint density at radius 1 is 1.05 bits per heavy atom. The Bertz CT molecular complexity index is 1640. The third kappa shape index (κ3) is 4.15. The Hall–Kier alpha value is -4.36. The smallest absolute Gasteiger partial charge is 0.159 e. The van der Waals surface area contributed by atoms with Crippen molar-refractivity contribution in [3.8, 4) is 22.6 Å². The summed E-state index contributed by atoms with van der Waals surface area (Å²) < 4.78 is 23.8. The van der Waals surface area contributed by atoms with Gasteiger partial charge >= 0.3 is 0 Å². The fourth-order valence-electron chi connectivity index (χ4n) is 5.15. The molecule has 2 aromatic heterocycles. The van der Waals surface area contributed by atoms with Crippen LogP contribution in [0.2, 0.25) is 0 Å². The molecule has 38 heavy (non-hydrogen) atoms. The number of hydrogen-bond donors (Lipinski definition) is 1. The number of rotatable bonds is 6. The molecule has 0 saturated carbocycles. The van der Waals surface area contributed by atoms with Crippen LogP contribution in [0.3, 0.4) is 0 Å². The second kappa shape index (κ2) is 9.19. The quantitative estimate of drug-likeness (QED) is 0.263. The van der Waals surface area contributed by atoms with E-state index in [9.17, 15) is 5.11 Å². The van der Waals surface area contributed by atoms with Crippen molar-refractivity contribution in [3.05, 3.63) is 115 Å². The third-order valence-electron chi connectivity index (χ3n) is 6.97. The summed E-state index contributed by atoms with van der Waals surface area (Å²) in [4.78, 5) is 13.3. The molecule has 3 heterocycles. The van der Waals surface area contributed by atoms with E-state index in [2.05, 4.69) is 27.2 Å². The number of hydrogen-bond acceptors (Lipinski definition) is 5. The van der Waals surface area contributed by atoms with Crippen LogP contribution in [0.5, 0.6) is 11.5 Å². The highest BCUT2D eigenvalue weighted by atomic mass is 19.1. The summed E-state index contributed by atoms with van der Waals surface area (Å²) in [5.74, 6) is 2.33. The highest BCUT2D eigenvalue weighted by molar-refractivity contribution is 5.83. The van der Waals surface area contributed by atoms with Crippen LogP contribution in [0.15, 0.2) is 91.8 Å². The van der Waals surface area contributed by atoms with Gasteiger partial charge in [0.15, 0.2) is 5.82 Å². The van der Waals surface area contributed by atoms with Crippen molar-refractivity contribution in [1.29, 1.82) is 0 Å². The van der Waals surface area contributed by atoms with E-state index in [0.29, 0.717) is 23.1 Å². The van der Waals surface area contributed by atoms with Crippen molar-refractivity contribution in [2.75, 3.05) is 0 Å². The van der Waals surface area contributed by atoms with Crippen LogP contribution in [0.1, 0.15) is 37.1 Å². The first-order valence-corrected chi connectivity index (χ1v) is 12.5. The van der Waals surface area contributed by atoms with Gasteiger partial charge in [0, 0.05) is 47.5 Å². The Morgan fingerprint density at radius 3 is 2.47 bits per heavy atom. The van der Waals surface area contributed by atoms with Crippen LogP contribution in [-0.2, 0) is 12.0 Å². The SMILES string of the molecule is C=C[C@H]1Cc2nc3cc(F)c(-c4cnc(C(C)(C)O)nc4)cc3n2[C@H]1c1ccccc1Oc1ccccc1. The van der Waals surface area contributed by atoms with Crippen LogP contribution in [0.25, 0.3) is 22.2 Å². The lowest BCUT2D eigenvalue weighted by Gasteiger charge is -2.23. The molecule has 2 atom stereocenters. The average Bonchev–Trinajstić information content (AvgIpc) is 3.44. The molecule has 1 aliphatic rings. The molecule has 1 N–H and O–H groups in total. The molecule has 0 radical (unpaired) electrons. The molecule has 5 aromatic rings. The minimum absolute atomic E-state index is 0.0883. The Morgan fingerprint density at radius 2 is 1.76 bits per heavy atom. The van der Waals surface area contributed by atoms with Crippen molar-refractivity contribution in [2.24, 2.45) is 5.92 Å². The number of aromatic nitrogens is 4. The molecule has 0 unspecified atom stereocenters. The average molecular weight is 507 g/mol. The molecule has 0 aliphatic carbocycles. The number of allylic oxidation sites excluding steroid dienone is 1. The van der Waals surface area contributed by atoms with E-state index in [1.807, 2.05) is 60.7 Å². The highest BCUT2D eigenvalue weighted by Gasteiger charge is 2.36. The van der Waals surface area contributed by atoms with E-state index in [-0.39, 0.29) is 17.8 Å². The first kappa shape index (κ1) is 24.0. The molecular weight excluding hydrogens is 479 g/mol. The second-order valence-electron chi connectivity index (χ2n) is 10.1. The Kier molecular flexibility index (Phi) is 5.80. The summed E-state index contributed by atoms with van der Waals surface area (Å²) in [6.45, 7) is 7.32. The summed E-state index contributed by atoms with van der Waals surface area (Å²) in [6, 6.07) is 20.8. The number of aliphatic hydroxyl groups is 1. The van der Waals surface area contributed by atoms with Gasteiger partial charge in [-0.1, -0.05) is 42.5 Å². The molecule has 0 bridgehead atoms. The van der Waals surface area contributed by atoms with Crippen molar-refractivity contribution < 1.29 is 14.2 Å². The van der Waals surface area contributed by atoms with Crippen LogP contribution in [0, 0.1) is 11.7 Å². The monoisotopic (exact) mass is 506 g/mol. The van der Waals surface area contributed by atoms with Gasteiger partial charge in [-0.2, -0.15) is 0 Å². The topological polar surface area (TPSA) is 73.1 Å². The number of para-hydroxylation sites is 2. The summed E-state index contributed by atoms with van der Waals surface area (Å²) in [5.41, 5.74) is 2.11. The normalized spacial score (nSPS) is 16.9. The van der Waals surface area contributed by atoms with Crippen LogP contribution in [0.4, 0.5) is 4.39 Å². The predicted octanol–water partition coefficient (Wildman–Crippen LogP) is 6.60. The maximum atomic E-state index is 15.3. The zero-order chi connectivity index (χ0) is 26.4. The van der Waals surface area contributed by atoms with Crippen molar-refractivity contribution in [3.63, 3.8) is 0 Å². The summed E-state index contributed by atoms with van der Waals surface area (Å²) >= 11 is 0. The van der Waals surface area contributed by atoms with Gasteiger partial charge in [0.2, 0.25) is 0 Å². The van der Waals surface area contributed by atoms with E-state index in [0.717, 1.165) is 28.4 Å². The zero-order valence-electron chi connectivity index (χ0n) is 21.2. The largest absolute Gasteiger partial charge is 0.457 e. The van der Waals surface area contributed by atoms with Gasteiger partial charge in [-0.05, 0) is 38.1 Å². The van der Waals surface area contributed by atoms with Gasteiger partial charge in [-0.15, -0.1) is 6.58 Å². The number of nitrogens with zero attached hydrogens (tertiary/aromatic N) is 4.